The van der Waals surface area contributed by atoms with E-state index in [0.717, 1.165) is 62.7 Å². The van der Waals surface area contributed by atoms with Crippen molar-refractivity contribution in [3.63, 3.8) is 0 Å². The summed E-state index contributed by atoms with van der Waals surface area (Å²) in [5.41, 5.74) is 2.87. The third-order valence-corrected chi connectivity index (χ3v) is 7.06. The summed E-state index contributed by atoms with van der Waals surface area (Å²) in [5, 5.41) is 2.48. The van der Waals surface area contributed by atoms with E-state index in [0.29, 0.717) is 13.2 Å². The van der Waals surface area contributed by atoms with Gasteiger partial charge in [0.2, 0.25) is 5.12 Å². The first-order valence-corrected chi connectivity index (χ1v) is 12.7. The van der Waals surface area contributed by atoms with Gasteiger partial charge in [-0.25, -0.2) is 9.79 Å². The molecule has 5 rings (SSSR count). The molecular formula is C25H36ClN5O3. The molecule has 4 aliphatic heterocycles. The standard InChI is InChI=1S/C25H36ClN5O3/c1-24(2,3)34-23(32)31-18-6-7-19(31)16-29(15-18)14-17-5-8-21-20(13-17)22(28-25(4,26)27-21)30-9-11-33-12-10-30/h5,8,13,18-19,27H,6-7,9-12,14-16H2,1-4H3. The molecule has 8 nitrogen and oxygen atoms in total. The Bertz CT molecular complexity index is 956. The molecule has 3 atom stereocenters. The van der Waals surface area contributed by atoms with E-state index in [9.17, 15) is 4.79 Å². The molecule has 0 aliphatic carbocycles. The van der Waals surface area contributed by atoms with Crippen molar-refractivity contribution >= 4 is 29.2 Å². The van der Waals surface area contributed by atoms with Gasteiger partial charge >= 0.3 is 6.09 Å². The third-order valence-electron chi connectivity index (χ3n) is 6.88. The van der Waals surface area contributed by atoms with Gasteiger partial charge in [0.05, 0.1) is 13.2 Å². The van der Waals surface area contributed by atoms with Crippen molar-refractivity contribution < 1.29 is 14.3 Å². The zero-order valence-electron chi connectivity index (χ0n) is 20.6. The van der Waals surface area contributed by atoms with Gasteiger partial charge < -0.3 is 19.7 Å². The minimum Gasteiger partial charge on any atom is -0.444 e. The number of nitrogens with zero attached hydrogens (tertiary/aromatic N) is 4. The van der Waals surface area contributed by atoms with Crippen LogP contribution >= 0.6 is 11.6 Å². The van der Waals surface area contributed by atoms with Crippen molar-refractivity contribution in [2.45, 2.75) is 69.9 Å². The molecular weight excluding hydrogens is 454 g/mol. The predicted molar refractivity (Wildman–Crippen MR) is 133 cm³/mol. The Hall–Kier alpha value is -2.03. The highest BCUT2D eigenvalue weighted by molar-refractivity contribution is 6.26. The smallest absolute Gasteiger partial charge is 0.410 e. The summed E-state index contributed by atoms with van der Waals surface area (Å²) in [6.07, 6.45) is 1.91. The van der Waals surface area contributed by atoms with Crippen LogP contribution in [0, 0.1) is 0 Å². The number of morpholine rings is 1. The molecule has 3 saturated heterocycles. The fourth-order valence-electron chi connectivity index (χ4n) is 5.52. The lowest BCUT2D eigenvalue weighted by molar-refractivity contribution is -0.00542. The quantitative estimate of drug-likeness (QED) is 0.504. The van der Waals surface area contributed by atoms with E-state index in [1.165, 1.54) is 5.56 Å². The zero-order chi connectivity index (χ0) is 24.1. The van der Waals surface area contributed by atoms with E-state index < -0.39 is 10.7 Å². The second kappa shape index (κ2) is 8.88. The summed E-state index contributed by atoms with van der Waals surface area (Å²) in [4.78, 5) is 24.3. The van der Waals surface area contributed by atoms with Crippen LogP contribution in [0.3, 0.4) is 0 Å². The number of aliphatic imine (C=N–C) groups is 1. The number of alkyl halides is 1. The van der Waals surface area contributed by atoms with Crippen LogP contribution in [0.2, 0.25) is 0 Å². The maximum atomic E-state index is 12.8. The van der Waals surface area contributed by atoms with E-state index in [1.807, 2.05) is 32.6 Å². The van der Waals surface area contributed by atoms with Crippen molar-refractivity contribution in [1.29, 1.82) is 0 Å². The number of piperazine rings is 1. The number of anilines is 1. The Morgan fingerprint density at radius 1 is 1.24 bits per heavy atom. The van der Waals surface area contributed by atoms with Crippen molar-refractivity contribution in [2.24, 2.45) is 4.99 Å². The molecule has 1 N–H and O–H groups in total. The van der Waals surface area contributed by atoms with Crippen molar-refractivity contribution in [1.82, 2.24) is 14.7 Å². The lowest BCUT2D eigenvalue weighted by Gasteiger charge is -2.41. The number of carbonyl (C=O) groups excluding carboxylic acids is 1. The van der Waals surface area contributed by atoms with Crippen LogP contribution < -0.4 is 5.32 Å². The first-order valence-electron chi connectivity index (χ1n) is 12.3. The Balaban J connectivity index is 1.31. The van der Waals surface area contributed by atoms with Crippen LogP contribution in [-0.4, -0.2) is 88.8 Å². The second-order valence-electron chi connectivity index (χ2n) is 11.0. The van der Waals surface area contributed by atoms with Gasteiger partial charge in [-0.05, 0) is 58.2 Å². The summed E-state index contributed by atoms with van der Waals surface area (Å²) in [5.74, 6) is 0.936. The fraction of sp³-hybridized carbons (Fsp3) is 0.680. The van der Waals surface area contributed by atoms with Gasteiger partial charge in [-0.3, -0.25) is 9.80 Å². The number of rotatable bonds is 2. The molecule has 34 heavy (non-hydrogen) atoms. The van der Waals surface area contributed by atoms with Crippen LogP contribution in [0.15, 0.2) is 23.2 Å². The molecule has 1 aromatic carbocycles. The van der Waals surface area contributed by atoms with Gasteiger partial charge in [0.15, 0.2) is 0 Å². The number of likely N-dealkylation sites (tertiary alicyclic amines) is 1. The van der Waals surface area contributed by atoms with Gasteiger partial charge in [0.25, 0.3) is 0 Å². The molecule has 1 amide bonds. The molecule has 9 heteroatoms. The summed E-state index contributed by atoms with van der Waals surface area (Å²) in [6.45, 7) is 13.3. The number of hydrogen-bond donors (Lipinski definition) is 1. The van der Waals surface area contributed by atoms with Crippen LogP contribution in [0.1, 0.15) is 51.7 Å². The summed E-state index contributed by atoms with van der Waals surface area (Å²) in [6, 6.07) is 6.96. The molecule has 0 spiro atoms. The number of ether oxygens (including phenoxy) is 2. The van der Waals surface area contributed by atoms with Gasteiger partial charge in [0, 0.05) is 56.1 Å². The van der Waals surface area contributed by atoms with Crippen molar-refractivity contribution in [3.05, 3.63) is 29.3 Å². The van der Waals surface area contributed by atoms with Crippen molar-refractivity contribution in [2.75, 3.05) is 44.7 Å². The second-order valence-corrected chi connectivity index (χ2v) is 11.7. The average molecular weight is 490 g/mol. The Kier molecular flexibility index (Phi) is 6.19. The highest BCUT2D eigenvalue weighted by Crippen LogP contribution is 2.35. The number of fused-ring (bicyclic) bond motifs is 3. The molecule has 186 valence electrons. The summed E-state index contributed by atoms with van der Waals surface area (Å²) in [7, 11) is 0. The number of nitrogens with one attached hydrogen (secondary N) is 1. The van der Waals surface area contributed by atoms with Gasteiger partial charge in [0.1, 0.15) is 11.4 Å². The van der Waals surface area contributed by atoms with Crippen molar-refractivity contribution in [3.8, 4) is 0 Å². The normalized spacial score (nSPS) is 29.4. The third kappa shape index (κ3) is 4.99. The lowest BCUT2D eigenvalue weighted by atomic mass is 10.0. The first-order chi connectivity index (χ1) is 16.1. The topological polar surface area (TPSA) is 69.6 Å². The number of amidine groups is 1. The Morgan fingerprint density at radius 3 is 2.56 bits per heavy atom. The summed E-state index contributed by atoms with van der Waals surface area (Å²) >= 11 is 6.62. The highest BCUT2D eigenvalue weighted by Gasteiger charge is 2.44. The van der Waals surface area contributed by atoms with Crippen LogP contribution in [0.5, 0.6) is 0 Å². The van der Waals surface area contributed by atoms with E-state index in [4.69, 9.17) is 26.1 Å². The highest BCUT2D eigenvalue weighted by atomic mass is 35.5. The SMILES string of the molecule is CC1(Cl)N=C(N2CCOCC2)c2cc(CN3CC4CCC(C3)N4C(=O)OC(C)(C)C)ccc2N1. The van der Waals surface area contributed by atoms with Gasteiger partial charge in [-0.2, -0.15) is 0 Å². The molecule has 0 saturated carbocycles. The number of amides is 1. The molecule has 4 aliphatic rings. The molecule has 0 radical (unpaired) electrons. The predicted octanol–water partition coefficient (Wildman–Crippen LogP) is 3.69. The van der Waals surface area contributed by atoms with E-state index in [1.54, 1.807) is 0 Å². The lowest BCUT2D eigenvalue weighted by Crippen LogP contribution is -2.56. The fourth-order valence-corrected chi connectivity index (χ4v) is 5.70. The Labute approximate surface area is 207 Å². The minimum atomic E-state index is -0.862. The molecule has 1 aromatic rings. The van der Waals surface area contributed by atoms with Gasteiger partial charge in [-0.15, -0.1) is 0 Å². The van der Waals surface area contributed by atoms with Gasteiger partial charge in [-0.1, -0.05) is 17.7 Å². The number of benzene rings is 1. The van der Waals surface area contributed by atoms with Crippen LogP contribution in [-0.2, 0) is 16.0 Å². The first kappa shape index (κ1) is 23.7. The largest absolute Gasteiger partial charge is 0.444 e. The average Bonchev–Trinajstić information content (AvgIpc) is 3.03. The zero-order valence-corrected chi connectivity index (χ0v) is 21.4. The molecule has 2 bridgehead atoms. The molecule has 4 heterocycles. The van der Waals surface area contributed by atoms with E-state index in [-0.39, 0.29) is 18.2 Å². The molecule has 3 unspecified atom stereocenters. The number of carbonyl (C=O) groups is 1. The van der Waals surface area contributed by atoms with Crippen LogP contribution in [0.4, 0.5) is 10.5 Å². The summed E-state index contributed by atoms with van der Waals surface area (Å²) < 4.78 is 11.2. The number of hydrogen-bond acceptors (Lipinski definition) is 7. The molecule has 0 aromatic heterocycles. The number of halogens is 1. The van der Waals surface area contributed by atoms with E-state index >= 15 is 0 Å². The van der Waals surface area contributed by atoms with Crippen LogP contribution in [0.25, 0.3) is 0 Å². The Morgan fingerprint density at radius 2 is 1.91 bits per heavy atom. The van der Waals surface area contributed by atoms with E-state index in [2.05, 4.69) is 33.3 Å². The maximum Gasteiger partial charge on any atom is 0.410 e. The molecule has 3 fully saturated rings. The maximum absolute atomic E-state index is 12.8. The minimum absolute atomic E-state index is 0.171. The monoisotopic (exact) mass is 489 g/mol.